The molecule has 3 aromatic rings. The highest BCUT2D eigenvalue weighted by molar-refractivity contribution is 5.92. The van der Waals surface area contributed by atoms with Crippen LogP contribution in [-0.4, -0.2) is 29.4 Å². The van der Waals surface area contributed by atoms with E-state index in [2.05, 4.69) is 4.98 Å². The van der Waals surface area contributed by atoms with Crippen LogP contribution in [0.25, 0.3) is 0 Å². The summed E-state index contributed by atoms with van der Waals surface area (Å²) in [6.45, 7) is 0.275. The minimum atomic E-state index is -4.61. The lowest BCUT2D eigenvalue weighted by molar-refractivity contribution is -0.138. The number of carbonyl (C=O) groups excluding carboxylic acids is 1. The van der Waals surface area contributed by atoms with Crippen LogP contribution >= 0.6 is 0 Å². The lowest BCUT2D eigenvalue weighted by atomic mass is 10.1. The predicted molar refractivity (Wildman–Crippen MR) is 111 cm³/mol. The highest BCUT2D eigenvalue weighted by Crippen LogP contribution is 2.33. The van der Waals surface area contributed by atoms with Crippen molar-refractivity contribution < 1.29 is 27.1 Å². The molecule has 168 valence electrons. The molecule has 0 bridgehead atoms. The molecule has 32 heavy (non-hydrogen) atoms. The second kappa shape index (κ2) is 9.78. The average molecular weight is 447 g/mol. The molecule has 0 atom stereocenters. The van der Waals surface area contributed by atoms with Gasteiger partial charge in [-0.1, -0.05) is 18.2 Å². The third-order valence-electron chi connectivity index (χ3n) is 4.80. The number of amides is 1. The molecule has 0 fully saturated rings. The van der Waals surface area contributed by atoms with Gasteiger partial charge in [-0.15, -0.1) is 0 Å². The smallest absolute Gasteiger partial charge is 0.416 e. The number of nitrogens with two attached hydrogens (primary N) is 1. The molecular formula is C23H21F4N3O2. The Morgan fingerprint density at radius 2 is 1.81 bits per heavy atom. The summed E-state index contributed by atoms with van der Waals surface area (Å²) < 4.78 is 59.1. The van der Waals surface area contributed by atoms with Crippen LogP contribution < -0.4 is 10.5 Å². The van der Waals surface area contributed by atoms with Crippen LogP contribution in [0.15, 0.2) is 60.8 Å². The monoisotopic (exact) mass is 447 g/mol. The van der Waals surface area contributed by atoms with Crippen molar-refractivity contribution in [2.45, 2.75) is 19.1 Å². The van der Waals surface area contributed by atoms with Gasteiger partial charge in [-0.2, -0.15) is 13.2 Å². The van der Waals surface area contributed by atoms with E-state index >= 15 is 0 Å². The van der Waals surface area contributed by atoms with Crippen LogP contribution in [0.1, 0.15) is 27.0 Å². The van der Waals surface area contributed by atoms with Crippen LogP contribution in [0.2, 0.25) is 0 Å². The molecule has 1 heterocycles. The first-order chi connectivity index (χ1) is 15.1. The van der Waals surface area contributed by atoms with Gasteiger partial charge in [0.2, 0.25) is 11.8 Å². The number of likely N-dealkylation sites (N-methyl/N-ethyl adjacent to an activating group) is 1. The van der Waals surface area contributed by atoms with E-state index in [-0.39, 0.29) is 17.7 Å². The molecule has 0 radical (unpaired) electrons. The highest BCUT2D eigenvalue weighted by Gasteiger charge is 2.34. The number of aromatic nitrogens is 1. The summed E-state index contributed by atoms with van der Waals surface area (Å²) in [4.78, 5) is 16.7. The van der Waals surface area contributed by atoms with E-state index in [4.69, 9.17) is 10.5 Å². The van der Waals surface area contributed by atoms with E-state index in [1.165, 1.54) is 18.3 Å². The third kappa shape index (κ3) is 6.04. The Labute approximate surface area is 182 Å². The molecular weight excluding hydrogens is 426 g/mol. The molecule has 1 amide bonds. The van der Waals surface area contributed by atoms with E-state index in [0.717, 1.165) is 23.8 Å². The number of alkyl halides is 3. The molecule has 1 aromatic heterocycles. The molecule has 2 N–H and O–H groups in total. The largest absolute Gasteiger partial charge is 0.439 e. The maximum atomic E-state index is 14.0. The molecule has 0 unspecified atom stereocenters. The fourth-order valence-corrected chi connectivity index (χ4v) is 3.09. The number of carbonyl (C=O) groups is 1. The van der Waals surface area contributed by atoms with Gasteiger partial charge in [0.25, 0.3) is 0 Å². The molecule has 0 spiro atoms. The molecule has 0 saturated carbocycles. The van der Waals surface area contributed by atoms with E-state index in [9.17, 15) is 22.4 Å². The Balaban J connectivity index is 1.57. The maximum Gasteiger partial charge on any atom is 0.416 e. The van der Waals surface area contributed by atoms with Crippen LogP contribution in [0, 0.1) is 5.82 Å². The minimum absolute atomic E-state index is 0.157. The number of hydrogen-bond acceptors (Lipinski definition) is 4. The van der Waals surface area contributed by atoms with E-state index in [0.29, 0.717) is 24.6 Å². The molecule has 9 heteroatoms. The molecule has 2 aromatic carbocycles. The molecule has 3 rings (SSSR count). The number of pyridine rings is 1. The van der Waals surface area contributed by atoms with Crippen molar-refractivity contribution in [2.24, 2.45) is 5.73 Å². The molecule has 0 aliphatic rings. The van der Waals surface area contributed by atoms with Crippen molar-refractivity contribution in [3.05, 3.63) is 88.9 Å². The molecule has 5 nitrogen and oxygen atoms in total. The topological polar surface area (TPSA) is 68.5 Å². The van der Waals surface area contributed by atoms with Gasteiger partial charge in [0.05, 0.1) is 11.1 Å². The number of ether oxygens (including phenoxy) is 1. The number of nitrogens with zero attached hydrogens (tertiary/aromatic N) is 2. The molecule has 0 saturated heterocycles. The summed E-state index contributed by atoms with van der Waals surface area (Å²) in [5.74, 6) is -0.621. The van der Waals surface area contributed by atoms with Gasteiger partial charge in [-0.3, -0.25) is 4.79 Å². The average Bonchev–Trinajstić information content (AvgIpc) is 2.74. The van der Waals surface area contributed by atoms with E-state index in [1.807, 2.05) is 12.1 Å². The van der Waals surface area contributed by atoms with Gasteiger partial charge in [0.1, 0.15) is 11.6 Å². The number of benzene rings is 2. The van der Waals surface area contributed by atoms with Gasteiger partial charge in [-0.05, 0) is 49.4 Å². The third-order valence-corrected chi connectivity index (χ3v) is 4.80. The van der Waals surface area contributed by atoms with Crippen molar-refractivity contribution >= 4 is 5.91 Å². The first-order valence-electron chi connectivity index (χ1n) is 9.69. The van der Waals surface area contributed by atoms with Crippen LogP contribution in [-0.2, 0) is 19.1 Å². The number of halogens is 4. The fraction of sp³-hybridized carbons (Fsp3) is 0.217. The Morgan fingerprint density at radius 3 is 2.41 bits per heavy atom. The van der Waals surface area contributed by atoms with Crippen molar-refractivity contribution in [1.82, 2.24) is 9.88 Å². The van der Waals surface area contributed by atoms with Crippen molar-refractivity contribution in [1.29, 1.82) is 0 Å². The Hall–Kier alpha value is -3.46. The zero-order chi connectivity index (χ0) is 23.3. The number of hydrogen-bond donors (Lipinski definition) is 1. The van der Waals surface area contributed by atoms with Crippen molar-refractivity contribution in [3.8, 4) is 11.6 Å². The summed E-state index contributed by atoms with van der Waals surface area (Å²) in [5, 5.41) is 0. The Morgan fingerprint density at radius 1 is 1.09 bits per heavy atom. The normalized spacial score (nSPS) is 11.6. The van der Waals surface area contributed by atoms with Crippen LogP contribution in [0.3, 0.4) is 0 Å². The van der Waals surface area contributed by atoms with E-state index in [1.54, 1.807) is 24.1 Å². The highest BCUT2D eigenvalue weighted by atomic mass is 19.4. The van der Waals surface area contributed by atoms with Crippen LogP contribution in [0.4, 0.5) is 17.6 Å². The van der Waals surface area contributed by atoms with Gasteiger partial charge in [-0.25, -0.2) is 9.37 Å². The number of primary amides is 1. The second-order valence-corrected chi connectivity index (χ2v) is 7.25. The van der Waals surface area contributed by atoms with Gasteiger partial charge >= 0.3 is 6.18 Å². The quantitative estimate of drug-likeness (QED) is 0.504. The van der Waals surface area contributed by atoms with Crippen LogP contribution in [0.5, 0.6) is 11.6 Å². The lowest BCUT2D eigenvalue weighted by Gasteiger charge is -2.20. The van der Waals surface area contributed by atoms with Gasteiger partial charge in [0, 0.05) is 30.9 Å². The SMILES string of the molecule is CN(CCc1ccc(Oc2ccc(C(N)=O)cn2)cc1)Cc1c(F)cccc1C(F)(F)F. The summed E-state index contributed by atoms with van der Waals surface area (Å²) in [6, 6.07) is 13.1. The van der Waals surface area contributed by atoms with Gasteiger partial charge in [0.15, 0.2) is 0 Å². The maximum absolute atomic E-state index is 14.0. The molecule has 0 aliphatic carbocycles. The summed E-state index contributed by atoms with van der Waals surface area (Å²) in [5.41, 5.74) is 5.06. The van der Waals surface area contributed by atoms with Crippen molar-refractivity contribution in [3.63, 3.8) is 0 Å². The van der Waals surface area contributed by atoms with Gasteiger partial charge < -0.3 is 15.4 Å². The predicted octanol–water partition coefficient (Wildman–Crippen LogP) is 4.81. The first-order valence-corrected chi connectivity index (χ1v) is 9.69. The Kier molecular flexibility index (Phi) is 7.09. The van der Waals surface area contributed by atoms with Crippen molar-refractivity contribution in [2.75, 3.05) is 13.6 Å². The van der Waals surface area contributed by atoms with E-state index < -0.39 is 23.5 Å². The Bertz CT molecular complexity index is 1070. The zero-order valence-electron chi connectivity index (χ0n) is 17.2. The first kappa shape index (κ1) is 23.2. The second-order valence-electron chi connectivity index (χ2n) is 7.25. The standard InChI is InChI=1S/C23H21F4N3O2/c1-30(14-18-19(23(25,26)27)3-2-4-20(18)24)12-11-15-5-8-17(9-6-15)32-21-10-7-16(13-29-21)22(28)31/h2-10,13H,11-12,14H2,1H3,(H2,28,31). The fourth-order valence-electron chi connectivity index (χ4n) is 3.09. The summed E-state index contributed by atoms with van der Waals surface area (Å²) >= 11 is 0. The minimum Gasteiger partial charge on any atom is -0.439 e. The summed E-state index contributed by atoms with van der Waals surface area (Å²) in [6.07, 6.45) is -2.73. The summed E-state index contributed by atoms with van der Waals surface area (Å²) in [7, 11) is 1.64. The molecule has 0 aliphatic heterocycles. The lowest BCUT2D eigenvalue weighted by Crippen LogP contribution is -2.23. The zero-order valence-corrected chi connectivity index (χ0v) is 17.2. The number of rotatable bonds is 8.